The van der Waals surface area contributed by atoms with Crippen LogP contribution in [-0.4, -0.2) is 61.5 Å². The van der Waals surface area contributed by atoms with Gasteiger partial charge in [-0.05, 0) is 32.4 Å². The minimum absolute atomic E-state index is 0.667. The standard InChI is InChI=1S/C19H23N7/c1-14-12-26-16(10-22-18(26)11-21-14)19-20-6-5-17(23-19)25-9-8-24-7-3-2-4-15(24)13-25/h5-6,10-12,15H,2-4,7-9,13H2,1H3. The molecule has 0 radical (unpaired) electrons. The van der Waals surface area contributed by atoms with Gasteiger partial charge in [0.15, 0.2) is 11.5 Å². The molecule has 2 aliphatic heterocycles. The molecule has 7 heteroatoms. The largest absolute Gasteiger partial charge is 0.354 e. The summed E-state index contributed by atoms with van der Waals surface area (Å²) >= 11 is 0. The molecule has 1 atom stereocenters. The van der Waals surface area contributed by atoms with E-state index in [1.54, 1.807) is 6.20 Å². The summed E-state index contributed by atoms with van der Waals surface area (Å²) in [6.45, 7) is 6.45. The molecular formula is C19H23N7. The average molecular weight is 349 g/mol. The maximum absolute atomic E-state index is 4.87. The Bertz CT molecular complexity index is 935. The van der Waals surface area contributed by atoms with Gasteiger partial charge in [-0.3, -0.25) is 14.3 Å². The molecule has 1 unspecified atom stereocenters. The maximum Gasteiger partial charge on any atom is 0.180 e. The normalized spacial score (nSPS) is 21.1. The van der Waals surface area contributed by atoms with Crippen LogP contribution in [0.4, 0.5) is 5.82 Å². The summed E-state index contributed by atoms with van der Waals surface area (Å²) in [6.07, 6.45) is 11.4. The van der Waals surface area contributed by atoms with Gasteiger partial charge in [-0.2, -0.15) is 0 Å². The summed E-state index contributed by atoms with van der Waals surface area (Å²) < 4.78 is 2.01. The van der Waals surface area contributed by atoms with Gasteiger partial charge >= 0.3 is 0 Å². The summed E-state index contributed by atoms with van der Waals surface area (Å²) in [6, 6.07) is 2.69. The lowest BCUT2D eigenvalue weighted by Crippen LogP contribution is -2.55. The smallest absolute Gasteiger partial charge is 0.180 e. The predicted octanol–water partition coefficient (Wildman–Crippen LogP) is 2.17. The lowest BCUT2D eigenvalue weighted by Gasteiger charge is -2.44. The zero-order valence-corrected chi connectivity index (χ0v) is 15.0. The molecule has 7 nitrogen and oxygen atoms in total. The fourth-order valence-corrected chi connectivity index (χ4v) is 4.16. The Morgan fingerprint density at radius 3 is 2.96 bits per heavy atom. The molecular weight excluding hydrogens is 326 g/mol. The van der Waals surface area contributed by atoms with Crippen molar-refractivity contribution in [1.29, 1.82) is 0 Å². The number of rotatable bonds is 2. The lowest BCUT2D eigenvalue weighted by atomic mass is 9.99. The van der Waals surface area contributed by atoms with Gasteiger partial charge < -0.3 is 4.90 Å². The molecule has 26 heavy (non-hydrogen) atoms. The van der Waals surface area contributed by atoms with E-state index in [0.717, 1.165) is 42.5 Å². The quantitative estimate of drug-likeness (QED) is 0.707. The maximum atomic E-state index is 4.87. The molecule has 5 heterocycles. The fraction of sp³-hybridized carbons (Fsp3) is 0.474. The molecule has 134 valence electrons. The third-order valence-corrected chi connectivity index (χ3v) is 5.56. The molecule has 2 fully saturated rings. The molecule has 5 rings (SSSR count). The molecule has 3 aromatic rings. The second kappa shape index (κ2) is 6.32. The molecule has 0 aliphatic carbocycles. The van der Waals surface area contributed by atoms with Crippen LogP contribution in [0.5, 0.6) is 0 Å². The first-order valence-electron chi connectivity index (χ1n) is 9.40. The highest BCUT2D eigenvalue weighted by atomic mass is 15.3. The second-order valence-corrected chi connectivity index (χ2v) is 7.27. The summed E-state index contributed by atoms with van der Waals surface area (Å²) in [5.74, 6) is 1.73. The van der Waals surface area contributed by atoms with E-state index in [4.69, 9.17) is 4.98 Å². The van der Waals surface area contributed by atoms with E-state index in [9.17, 15) is 0 Å². The van der Waals surface area contributed by atoms with E-state index in [-0.39, 0.29) is 0 Å². The van der Waals surface area contributed by atoms with Crippen LogP contribution in [0, 0.1) is 6.92 Å². The molecule has 0 bridgehead atoms. The Morgan fingerprint density at radius 1 is 1.04 bits per heavy atom. The monoisotopic (exact) mass is 349 g/mol. The van der Waals surface area contributed by atoms with E-state index in [1.807, 2.05) is 36.0 Å². The number of hydrogen-bond donors (Lipinski definition) is 0. The number of aromatic nitrogens is 5. The molecule has 0 spiro atoms. The average Bonchev–Trinajstić information content (AvgIpc) is 3.11. The Balaban J connectivity index is 1.46. The molecule has 3 aromatic heterocycles. The minimum atomic E-state index is 0.667. The summed E-state index contributed by atoms with van der Waals surface area (Å²) in [7, 11) is 0. The zero-order valence-electron chi connectivity index (χ0n) is 15.0. The number of piperidine rings is 1. The Kier molecular flexibility index (Phi) is 3.81. The van der Waals surface area contributed by atoms with Crippen molar-refractivity contribution >= 4 is 11.5 Å². The van der Waals surface area contributed by atoms with E-state index < -0.39 is 0 Å². The van der Waals surface area contributed by atoms with E-state index in [2.05, 4.69) is 24.8 Å². The van der Waals surface area contributed by atoms with Crippen molar-refractivity contribution in [2.24, 2.45) is 0 Å². The number of aryl methyl sites for hydroxylation is 1. The van der Waals surface area contributed by atoms with E-state index in [1.165, 1.54) is 25.8 Å². The molecule has 2 saturated heterocycles. The van der Waals surface area contributed by atoms with Crippen LogP contribution in [0.1, 0.15) is 25.0 Å². The first-order valence-corrected chi connectivity index (χ1v) is 9.40. The minimum Gasteiger partial charge on any atom is -0.354 e. The number of imidazole rings is 1. The van der Waals surface area contributed by atoms with Crippen LogP contribution in [0.25, 0.3) is 17.2 Å². The third kappa shape index (κ3) is 2.72. The van der Waals surface area contributed by atoms with Crippen LogP contribution >= 0.6 is 0 Å². The van der Waals surface area contributed by atoms with Crippen molar-refractivity contribution < 1.29 is 0 Å². The highest BCUT2D eigenvalue weighted by molar-refractivity contribution is 5.58. The number of nitrogens with zero attached hydrogens (tertiary/aromatic N) is 7. The highest BCUT2D eigenvalue weighted by Crippen LogP contribution is 2.25. The Hall–Kier alpha value is -2.54. The summed E-state index contributed by atoms with van der Waals surface area (Å²) in [5.41, 5.74) is 2.67. The molecule has 0 aromatic carbocycles. The first-order chi connectivity index (χ1) is 12.8. The summed E-state index contributed by atoms with van der Waals surface area (Å²) in [5, 5.41) is 0. The SMILES string of the molecule is Cc1cn2c(-c3nccc(N4CCN5CCCCC5C4)n3)cnc2cn1. The van der Waals surface area contributed by atoms with Crippen molar-refractivity contribution in [3.63, 3.8) is 0 Å². The Morgan fingerprint density at radius 2 is 2.00 bits per heavy atom. The van der Waals surface area contributed by atoms with Crippen molar-refractivity contribution in [2.45, 2.75) is 32.2 Å². The molecule has 0 saturated carbocycles. The van der Waals surface area contributed by atoms with Crippen molar-refractivity contribution in [3.8, 4) is 11.5 Å². The van der Waals surface area contributed by atoms with Crippen LogP contribution in [-0.2, 0) is 0 Å². The van der Waals surface area contributed by atoms with Crippen LogP contribution in [0.2, 0.25) is 0 Å². The number of anilines is 1. The van der Waals surface area contributed by atoms with Gasteiger partial charge in [-0.15, -0.1) is 0 Å². The number of piperazine rings is 1. The lowest BCUT2D eigenvalue weighted by molar-refractivity contribution is 0.133. The van der Waals surface area contributed by atoms with Gasteiger partial charge in [0.05, 0.1) is 18.1 Å². The van der Waals surface area contributed by atoms with Gasteiger partial charge in [0, 0.05) is 38.1 Å². The Labute approximate surface area is 152 Å². The van der Waals surface area contributed by atoms with Crippen molar-refractivity contribution in [3.05, 3.63) is 36.5 Å². The van der Waals surface area contributed by atoms with Gasteiger partial charge in [0.1, 0.15) is 11.5 Å². The van der Waals surface area contributed by atoms with Gasteiger partial charge in [-0.1, -0.05) is 6.42 Å². The number of hydrogen-bond acceptors (Lipinski definition) is 6. The first kappa shape index (κ1) is 15.7. The van der Waals surface area contributed by atoms with Gasteiger partial charge in [0.25, 0.3) is 0 Å². The fourth-order valence-electron chi connectivity index (χ4n) is 4.16. The predicted molar refractivity (Wildman–Crippen MR) is 100 cm³/mol. The van der Waals surface area contributed by atoms with Crippen LogP contribution in [0.3, 0.4) is 0 Å². The molecule has 0 amide bonds. The summed E-state index contributed by atoms with van der Waals surface area (Å²) in [4.78, 5) is 23.2. The van der Waals surface area contributed by atoms with Crippen molar-refractivity contribution in [2.75, 3.05) is 31.1 Å². The van der Waals surface area contributed by atoms with Crippen LogP contribution in [0.15, 0.2) is 30.9 Å². The topological polar surface area (TPSA) is 62.5 Å². The van der Waals surface area contributed by atoms with Crippen LogP contribution < -0.4 is 4.90 Å². The second-order valence-electron chi connectivity index (χ2n) is 7.27. The zero-order chi connectivity index (χ0) is 17.5. The van der Waals surface area contributed by atoms with Crippen molar-refractivity contribution in [1.82, 2.24) is 29.2 Å². The van der Waals surface area contributed by atoms with E-state index >= 15 is 0 Å². The highest BCUT2D eigenvalue weighted by Gasteiger charge is 2.29. The van der Waals surface area contributed by atoms with Gasteiger partial charge in [0.2, 0.25) is 0 Å². The van der Waals surface area contributed by atoms with Gasteiger partial charge in [-0.25, -0.2) is 15.0 Å². The molecule has 2 aliphatic rings. The molecule has 0 N–H and O–H groups in total. The third-order valence-electron chi connectivity index (χ3n) is 5.56. The number of fused-ring (bicyclic) bond motifs is 2. The van der Waals surface area contributed by atoms with E-state index in [0.29, 0.717) is 11.9 Å².